The maximum absolute atomic E-state index is 12.9. The zero-order valence-electron chi connectivity index (χ0n) is 20.5. The SMILES string of the molecule is CCCCN(Cc1cccc(Oc2ccccc2)c1)C(=O)CNC(=O)CC(CC(C)C)C(N)=O. The molecule has 0 saturated heterocycles. The van der Waals surface area contributed by atoms with Gasteiger partial charge in [0, 0.05) is 25.4 Å². The van der Waals surface area contributed by atoms with Gasteiger partial charge in [-0.15, -0.1) is 0 Å². The molecule has 0 fully saturated rings. The summed E-state index contributed by atoms with van der Waals surface area (Å²) in [5.41, 5.74) is 6.37. The first kappa shape index (κ1) is 26.9. The number of para-hydroxylation sites is 1. The van der Waals surface area contributed by atoms with Gasteiger partial charge in [0.1, 0.15) is 11.5 Å². The maximum atomic E-state index is 12.9. The molecule has 0 radical (unpaired) electrons. The number of rotatable bonds is 14. The van der Waals surface area contributed by atoms with Crippen molar-refractivity contribution < 1.29 is 19.1 Å². The van der Waals surface area contributed by atoms with Crippen LogP contribution in [0.3, 0.4) is 0 Å². The topological polar surface area (TPSA) is 102 Å². The molecule has 0 aliphatic carbocycles. The third-order valence-electron chi connectivity index (χ3n) is 5.41. The molecule has 34 heavy (non-hydrogen) atoms. The van der Waals surface area contributed by atoms with E-state index in [-0.39, 0.29) is 30.7 Å². The van der Waals surface area contributed by atoms with Crippen LogP contribution >= 0.6 is 0 Å². The number of nitrogens with two attached hydrogens (primary N) is 1. The minimum absolute atomic E-state index is 0.00533. The summed E-state index contributed by atoms with van der Waals surface area (Å²) in [5.74, 6) is 0.159. The van der Waals surface area contributed by atoms with Gasteiger partial charge in [-0.05, 0) is 48.6 Å². The number of nitrogens with zero attached hydrogens (tertiary/aromatic N) is 1. The monoisotopic (exact) mass is 467 g/mol. The Morgan fingerprint density at radius 3 is 2.38 bits per heavy atom. The number of ether oxygens (including phenoxy) is 1. The first-order chi connectivity index (χ1) is 16.3. The van der Waals surface area contributed by atoms with Crippen molar-refractivity contribution in [2.75, 3.05) is 13.1 Å². The molecule has 1 atom stereocenters. The van der Waals surface area contributed by atoms with Gasteiger partial charge in [-0.1, -0.05) is 57.5 Å². The van der Waals surface area contributed by atoms with E-state index in [9.17, 15) is 14.4 Å². The van der Waals surface area contributed by atoms with Crippen LogP contribution in [0.4, 0.5) is 0 Å². The molecule has 1 unspecified atom stereocenters. The highest BCUT2D eigenvalue weighted by molar-refractivity contribution is 5.88. The Labute approximate surface area is 202 Å². The summed E-state index contributed by atoms with van der Waals surface area (Å²) in [6, 6.07) is 17.2. The second kappa shape index (κ2) is 14.0. The Bertz CT molecular complexity index is 930. The summed E-state index contributed by atoms with van der Waals surface area (Å²) in [4.78, 5) is 38.6. The van der Waals surface area contributed by atoms with E-state index in [2.05, 4.69) is 12.2 Å². The summed E-state index contributed by atoms with van der Waals surface area (Å²) >= 11 is 0. The van der Waals surface area contributed by atoms with Gasteiger partial charge in [0.2, 0.25) is 17.7 Å². The van der Waals surface area contributed by atoms with Crippen molar-refractivity contribution >= 4 is 17.7 Å². The first-order valence-electron chi connectivity index (χ1n) is 11.9. The van der Waals surface area contributed by atoms with Crippen molar-refractivity contribution in [3.8, 4) is 11.5 Å². The number of primary amides is 1. The zero-order valence-corrected chi connectivity index (χ0v) is 20.5. The third-order valence-corrected chi connectivity index (χ3v) is 5.41. The lowest BCUT2D eigenvalue weighted by Crippen LogP contribution is -2.41. The molecule has 0 spiro atoms. The van der Waals surface area contributed by atoms with Crippen LogP contribution in [0.15, 0.2) is 54.6 Å². The molecule has 3 amide bonds. The standard InChI is InChI=1S/C27H37N3O4/c1-4-5-14-30(26(32)18-29-25(31)17-22(27(28)33)15-20(2)3)19-21-10-9-13-24(16-21)34-23-11-7-6-8-12-23/h6-13,16,20,22H,4-5,14-15,17-19H2,1-3H3,(H2,28,33)(H,29,31). The van der Waals surface area contributed by atoms with Crippen LogP contribution in [-0.4, -0.2) is 35.7 Å². The molecule has 0 bridgehead atoms. The van der Waals surface area contributed by atoms with Crippen molar-refractivity contribution in [3.63, 3.8) is 0 Å². The molecule has 0 aromatic heterocycles. The molecule has 0 saturated carbocycles. The van der Waals surface area contributed by atoms with Crippen molar-refractivity contribution in [2.45, 2.75) is 53.0 Å². The number of carbonyl (C=O) groups excluding carboxylic acids is 3. The molecule has 0 aliphatic heterocycles. The average Bonchev–Trinajstić information content (AvgIpc) is 2.80. The molecule has 3 N–H and O–H groups in total. The lowest BCUT2D eigenvalue weighted by atomic mass is 9.93. The Balaban J connectivity index is 1.98. The highest BCUT2D eigenvalue weighted by atomic mass is 16.5. The summed E-state index contributed by atoms with van der Waals surface area (Å²) in [6.45, 7) is 6.91. The molecule has 7 heteroatoms. The van der Waals surface area contributed by atoms with Crippen LogP contribution in [0.5, 0.6) is 11.5 Å². The fraction of sp³-hybridized carbons (Fsp3) is 0.444. The lowest BCUT2D eigenvalue weighted by Gasteiger charge is -2.23. The number of carbonyl (C=O) groups is 3. The van der Waals surface area contributed by atoms with E-state index >= 15 is 0 Å². The number of nitrogens with one attached hydrogen (secondary N) is 1. The highest BCUT2D eigenvalue weighted by Crippen LogP contribution is 2.22. The van der Waals surface area contributed by atoms with Crippen LogP contribution in [0.1, 0.15) is 52.0 Å². The molecule has 2 rings (SSSR count). The average molecular weight is 468 g/mol. The second-order valence-electron chi connectivity index (χ2n) is 8.94. The van der Waals surface area contributed by atoms with E-state index in [4.69, 9.17) is 10.5 Å². The summed E-state index contributed by atoms with van der Waals surface area (Å²) < 4.78 is 5.91. The zero-order chi connectivity index (χ0) is 24.9. The number of hydrogen-bond donors (Lipinski definition) is 2. The van der Waals surface area contributed by atoms with E-state index in [0.29, 0.717) is 25.3 Å². The van der Waals surface area contributed by atoms with Gasteiger partial charge in [0.15, 0.2) is 0 Å². The van der Waals surface area contributed by atoms with Crippen LogP contribution in [-0.2, 0) is 20.9 Å². The van der Waals surface area contributed by atoms with Crippen molar-refractivity contribution in [3.05, 3.63) is 60.2 Å². The second-order valence-corrected chi connectivity index (χ2v) is 8.94. The Kier molecular flexibility index (Phi) is 11.1. The van der Waals surface area contributed by atoms with E-state index in [1.165, 1.54) is 0 Å². The van der Waals surface area contributed by atoms with Crippen LogP contribution in [0.2, 0.25) is 0 Å². The molecule has 7 nitrogen and oxygen atoms in total. The lowest BCUT2D eigenvalue weighted by molar-refractivity contribution is -0.134. The van der Waals surface area contributed by atoms with Gasteiger partial charge in [0.25, 0.3) is 0 Å². The molecule has 0 heterocycles. The van der Waals surface area contributed by atoms with Crippen LogP contribution < -0.4 is 15.8 Å². The predicted molar refractivity (Wildman–Crippen MR) is 133 cm³/mol. The van der Waals surface area contributed by atoms with Gasteiger partial charge in [-0.3, -0.25) is 14.4 Å². The number of benzene rings is 2. The molecule has 0 aliphatic rings. The molecule has 2 aromatic rings. The summed E-state index contributed by atoms with van der Waals surface area (Å²) in [5, 5.41) is 2.67. The maximum Gasteiger partial charge on any atom is 0.242 e. The van der Waals surface area contributed by atoms with Gasteiger partial charge >= 0.3 is 0 Å². The van der Waals surface area contributed by atoms with Crippen LogP contribution in [0, 0.1) is 11.8 Å². The fourth-order valence-corrected chi connectivity index (χ4v) is 3.64. The quantitative estimate of drug-likeness (QED) is 0.433. The minimum atomic E-state index is -0.529. The highest BCUT2D eigenvalue weighted by Gasteiger charge is 2.22. The van der Waals surface area contributed by atoms with E-state index in [0.717, 1.165) is 24.2 Å². The fourth-order valence-electron chi connectivity index (χ4n) is 3.64. The Morgan fingerprint density at radius 2 is 1.74 bits per heavy atom. The number of hydrogen-bond acceptors (Lipinski definition) is 4. The van der Waals surface area contributed by atoms with Crippen molar-refractivity contribution in [1.29, 1.82) is 0 Å². The predicted octanol–water partition coefficient (Wildman–Crippen LogP) is 4.26. The van der Waals surface area contributed by atoms with E-state index in [1.807, 2.05) is 68.4 Å². The van der Waals surface area contributed by atoms with E-state index in [1.54, 1.807) is 4.90 Å². The van der Waals surface area contributed by atoms with Crippen molar-refractivity contribution in [2.24, 2.45) is 17.6 Å². The van der Waals surface area contributed by atoms with Gasteiger partial charge in [-0.2, -0.15) is 0 Å². The summed E-state index contributed by atoms with van der Waals surface area (Å²) in [6.07, 6.45) is 2.34. The van der Waals surface area contributed by atoms with Gasteiger partial charge in [-0.25, -0.2) is 0 Å². The smallest absolute Gasteiger partial charge is 0.242 e. The molecular formula is C27H37N3O4. The van der Waals surface area contributed by atoms with E-state index < -0.39 is 11.8 Å². The first-order valence-corrected chi connectivity index (χ1v) is 11.9. The molecule has 184 valence electrons. The number of amides is 3. The normalized spacial score (nSPS) is 11.6. The Morgan fingerprint density at radius 1 is 1.03 bits per heavy atom. The third kappa shape index (κ3) is 9.65. The Hall–Kier alpha value is -3.35. The summed E-state index contributed by atoms with van der Waals surface area (Å²) in [7, 11) is 0. The minimum Gasteiger partial charge on any atom is -0.457 e. The largest absolute Gasteiger partial charge is 0.457 e. The van der Waals surface area contributed by atoms with Crippen molar-refractivity contribution in [1.82, 2.24) is 10.2 Å². The number of unbranched alkanes of at least 4 members (excludes halogenated alkanes) is 1. The van der Waals surface area contributed by atoms with Crippen LogP contribution in [0.25, 0.3) is 0 Å². The molecule has 2 aromatic carbocycles. The van der Waals surface area contributed by atoms with Gasteiger partial charge < -0.3 is 20.7 Å². The van der Waals surface area contributed by atoms with Gasteiger partial charge in [0.05, 0.1) is 6.54 Å². The molecular weight excluding hydrogens is 430 g/mol.